The average molecular weight is 337 g/mol. The van der Waals surface area contributed by atoms with Crippen LogP contribution < -0.4 is 4.74 Å². The average Bonchev–Trinajstić information content (AvgIpc) is 2.54. The van der Waals surface area contributed by atoms with Crippen molar-refractivity contribution in [2.24, 2.45) is 0 Å². The Balaban J connectivity index is 1.95. The minimum atomic E-state index is -3.30. The Bertz CT molecular complexity index is 748. The molecule has 2 aromatic carbocycles. The molecule has 0 aromatic heterocycles. The van der Waals surface area contributed by atoms with Gasteiger partial charge in [-0.1, -0.05) is 24.3 Å². The van der Waals surface area contributed by atoms with Gasteiger partial charge in [0.15, 0.2) is 21.4 Å². The van der Waals surface area contributed by atoms with Crippen LogP contribution in [-0.4, -0.2) is 39.8 Å². The molecular weight excluding hydrogens is 317 g/mol. The summed E-state index contributed by atoms with van der Waals surface area (Å²) in [4.78, 5) is 2.17. The molecule has 23 heavy (non-hydrogen) atoms. The van der Waals surface area contributed by atoms with Gasteiger partial charge >= 0.3 is 0 Å². The fourth-order valence-electron chi connectivity index (χ4n) is 2.22. The van der Waals surface area contributed by atoms with Gasteiger partial charge in [0.05, 0.1) is 17.8 Å². The van der Waals surface area contributed by atoms with Crippen LogP contribution in [0.15, 0.2) is 53.4 Å². The van der Waals surface area contributed by atoms with E-state index in [2.05, 4.69) is 0 Å². The summed E-state index contributed by atoms with van der Waals surface area (Å²) in [7, 11) is -0.0787. The monoisotopic (exact) mass is 337 g/mol. The maximum absolute atomic E-state index is 13.7. The molecule has 0 unspecified atom stereocenters. The van der Waals surface area contributed by atoms with Crippen LogP contribution in [0.4, 0.5) is 4.39 Å². The Morgan fingerprint density at radius 2 is 1.83 bits per heavy atom. The van der Waals surface area contributed by atoms with Crippen LogP contribution in [0.1, 0.15) is 5.56 Å². The minimum absolute atomic E-state index is 0.0200. The van der Waals surface area contributed by atoms with Gasteiger partial charge in [-0.05, 0) is 36.9 Å². The molecule has 0 spiro atoms. The molecule has 124 valence electrons. The number of rotatable bonds is 7. The van der Waals surface area contributed by atoms with E-state index >= 15 is 0 Å². The summed E-state index contributed by atoms with van der Waals surface area (Å²) in [6.45, 7) is 0.829. The summed E-state index contributed by atoms with van der Waals surface area (Å²) in [5.41, 5.74) is 0.767. The normalized spacial score (nSPS) is 11.7. The lowest BCUT2D eigenvalue weighted by atomic mass is 10.2. The lowest BCUT2D eigenvalue weighted by Crippen LogP contribution is -2.25. The maximum atomic E-state index is 13.7. The van der Waals surface area contributed by atoms with Crippen LogP contribution in [0.2, 0.25) is 0 Å². The fraction of sp³-hybridized carbons (Fsp3) is 0.294. The molecular formula is C17H20FNO3S. The van der Waals surface area contributed by atoms with E-state index < -0.39 is 15.7 Å². The molecule has 2 aromatic rings. The van der Waals surface area contributed by atoms with Crippen molar-refractivity contribution in [3.05, 3.63) is 59.9 Å². The van der Waals surface area contributed by atoms with Crippen LogP contribution in [-0.2, 0) is 16.4 Å². The van der Waals surface area contributed by atoms with Gasteiger partial charge < -0.3 is 9.64 Å². The highest BCUT2D eigenvalue weighted by Gasteiger charge is 2.15. The number of methoxy groups -OCH3 is 1. The molecule has 2 rings (SSSR count). The van der Waals surface area contributed by atoms with E-state index in [9.17, 15) is 12.8 Å². The van der Waals surface area contributed by atoms with Gasteiger partial charge in [0.25, 0.3) is 0 Å². The van der Waals surface area contributed by atoms with Crippen molar-refractivity contribution in [1.82, 2.24) is 4.90 Å². The van der Waals surface area contributed by atoms with E-state index in [0.29, 0.717) is 18.0 Å². The lowest BCUT2D eigenvalue weighted by molar-refractivity contribution is 0.343. The molecule has 0 N–H and O–H groups in total. The quantitative estimate of drug-likeness (QED) is 0.779. The predicted molar refractivity (Wildman–Crippen MR) is 87.8 cm³/mol. The molecule has 0 atom stereocenters. The van der Waals surface area contributed by atoms with Gasteiger partial charge in [-0.15, -0.1) is 0 Å². The molecule has 0 saturated heterocycles. The first-order chi connectivity index (χ1) is 10.9. The van der Waals surface area contributed by atoms with Crippen molar-refractivity contribution in [2.45, 2.75) is 11.4 Å². The van der Waals surface area contributed by atoms with Crippen molar-refractivity contribution in [1.29, 1.82) is 0 Å². The zero-order valence-corrected chi connectivity index (χ0v) is 14.0. The van der Waals surface area contributed by atoms with Gasteiger partial charge in [-0.2, -0.15) is 0 Å². The highest BCUT2D eigenvalue weighted by atomic mass is 32.2. The molecule has 0 bridgehead atoms. The summed E-state index contributed by atoms with van der Waals surface area (Å²) in [5, 5.41) is 0. The SMILES string of the molecule is COc1ccc(CN(C)CCS(=O)(=O)c2ccccc2)cc1F. The summed E-state index contributed by atoms with van der Waals surface area (Å²) < 4.78 is 43.0. The number of nitrogens with zero attached hydrogens (tertiary/aromatic N) is 1. The molecule has 0 saturated carbocycles. The molecule has 0 aliphatic carbocycles. The second-order valence-electron chi connectivity index (χ2n) is 5.34. The van der Waals surface area contributed by atoms with E-state index in [1.807, 2.05) is 11.9 Å². The number of halogens is 1. The summed E-state index contributed by atoms with van der Waals surface area (Å²) in [6, 6.07) is 13.1. The molecule has 0 aliphatic rings. The second kappa shape index (κ2) is 7.57. The Hall–Kier alpha value is -1.92. The van der Waals surface area contributed by atoms with Crippen LogP contribution in [0.5, 0.6) is 5.75 Å². The molecule has 0 amide bonds. The highest BCUT2D eigenvalue weighted by Crippen LogP contribution is 2.18. The Labute approximate surface area is 136 Å². The minimum Gasteiger partial charge on any atom is -0.494 e. The number of ether oxygens (including phenoxy) is 1. The first-order valence-corrected chi connectivity index (χ1v) is 8.86. The van der Waals surface area contributed by atoms with Crippen molar-refractivity contribution in [3.63, 3.8) is 0 Å². The smallest absolute Gasteiger partial charge is 0.179 e. The van der Waals surface area contributed by atoms with Gasteiger partial charge in [-0.25, -0.2) is 12.8 Å². The zero-order valence-electron chi connectivity index (χ0n) is 13.2. The summed E-state index contributed by atoms with van der Waals surface area (Å²) >= 11 is 0. The van der Waals surface area contributed by atoms with Crippen molar-refractivity contribution >= 4 is 9.84 Å². The van der Waals surface area contributed by atoms with Crippen molar-refractivity contribution in [2.75, 3.05) is 26.5 Å². The zero-order chi connectivity index (χ0) is 16.9. The molecule has 0 heterocycles. The molecule has 0 aliphatic heterocycles. The van der Waals surface area contributed by atoms with Crippen molar-refractivity contribution in [3.8, 4) is 5.75 Å². The molecule has 0 fully saturated rings. The van der Waals surface area contributed by atoms with Gasteiger partial charge in [0.2, 0.25) is 0 Å². The maximum Gasteiger partial charge on any atom is 0.179 e. The van der Waals surface area contributed by atoms with Crippen molar-refractivity contribution < 1.29 is 17.5 Å². The number of hydrogen-bond acceptors (Lipinski definition) is 4. The highest BCUT2D eigenvalue weighted by molar-refractivity contribution is 7.91. The third-order valence-corrected chi connectivity index (χ3v) is 5.22. The Morgan fingerprint density at radius 1 is 1.13 bits per heavy atom. The van der Waals surface area contributed by atoms with Crippen LogP contribution >= 0.6 is 0 Å². The van der Waals surface area contributed by atoms with Crippen LogP contribution in [0.25, 0.3) is 0 Å². The lowest BCUT2D eigenvalue weighted by Gasteiger charge is -2.17. The van der Waals surface area contributed by atoms with E-state index in [0.717, 1.165) is 5.56 Å². The van der Waals surface area contributed by atoms with Gasteiger partial charge in [0.1, 0.15) is 0 Å². The Kier molecular flexibility index (Phi) is 5.74. The second-order valence-corrected chi connectivity index (χ2v) is 7.45. The topological polar surface area (TPSA) is 46.6 Å². The third-order valence-electron chi connectivity index (χ3n) is 3.51. The molecule has 4 nitrogen and oxygen atoms in total. The number of sulfone groups is 1. The van der Waals surface area contributed by atoms with E-state index in [1.165, 1.54) is 13.2 Å². The van der Waals surface area contributed by atoms with E-state index in [4.69, 9.17) is 4.74 Å². The summed E-state index contributed by atoms with van der Waals surface area (Å²) in [6.07, 6.45) is 0. The first-order valence-electron chi connectivity index (χ1n) is 7.21. The summed E-state index contributed by atoms with van der Waals surface area (Å²) in [5.74, 6) is -0.204. The van der Waals surface area contributed by atoms with Crippen LogP contribution in [0.3, 0.4) is 0 Å². The molecule has 0 radical (unpaired) electrons. The first kappa shape index (κ1) is 17.4. The predicted octanol–water partition coefficient (Wildman–Crippen LogP) is 2.74. The molecule has 6 heteroatoms. The van der Waals surface area contributed by atoms with E-state index in [1.54, 1.807) is 42.5 Å². The largest absolute Gasteiger partial charge is 0.494 e. The fourth-order valence-corrected chi connectivity index (χ4v) is 3.58. The number of benzene rings is 2. The van der Waals surface area contributed by atoms with Gasteiger partial charge in [0, 0.05) is 13.1 Å². The van der Waals surface area contributed by atoms with Crippen LogP contribution in [0, 0.1) is 5.82 Å². The standard InChI is InChI=1S/C17H20FNO3S/c1-19(13-14-8-9-17(22-2)16(18)12-14)10-11-23(20,21)15-6-4-3-5-7-15/h3-9,12H,10-11,13H2,1-2H3. The number of hydrogen-bond donors (Lipinski definition) is 0. The van der Waals surface area contributed by atoms with Gasteiger partial charge in [-0.3, -0.25) is 0 Å². The van der Waals surface area contributed by atoms with E-state index in [-0.39, 0.29) is 11.5 Å². The Morgan fingerprint density at radius 3 is 2.43 bits per heavy atom. The third kappa shape index (κ3) is 4.77.